The fourth-order valence-corrected chi connectivity index (χ4v) is 3.16. The molecular weight excluding hydrogens is 230 g/mol. The van der Waals surface area contributed by atoms with Crippen molar-refractivity contribution in [3.8, 4) is 0 Å². The van der Waals surface area contributed by atoms with Crippen LogP contribution in [-0.4, -0.2) is 35.4 Å². The van der Waals surface area contributed by atoms with Gasteiger partial charge in [0.05, 0.1) is 0 Å². The molecule has 0 bridgehead atoms. The zero-order chi connectivity index (χ0) is 13.2. The second-order valence-electron chi connectivity index (χ2n) is 5.76. The summed E-state index contributed by atoms with van der Waals surface area (Å²) < 4.78 is 0. The van der Waals surface area contributed by atoms with Gasteiger partial charge in [-0.1, -0.05) is 24.4 Å². The normalized spacial score (nSPS) is 23.7. The monoisotopic (exact) mass is 253 g/mol. The molecule has 0 radical (unpaired) electrons. The third-order valence-electron chi connectivity index (χ3n) is 4.57. The second-order valence-corrected chi connectivity index (χ2v) is 5.76. The van der Waals surface area contributed by atoms with Crippen LogP contribution in [0.3, 0.4) is 0 Å². The molecule has 2 aliphatic rings. The summed E-state index contributed by atoms with van der Waals surface area (Å²) in [5.41, 5.74) is 5.04. The molecule has 5 nitrogen and oxygen atoms in total. The Morgan fingerprint density at radius 3 is 2.44 bits per heavy atom. The van der Waals surface area contributed by atoms with Crippen molar-refractivity contribution < 1.29 is 10.0 Å². The summed E-state index contributed by atoms with van der Waals surface area (Å²) in [5, 5.41) is 12.0. The summed E-state index contributed by atoms with van der Waals surface area (Å²) in [6.07, 6.45) is 7.06. The van der Waals surface area contributed by atoms with Crippen molar-refractivity contribution in [3.05, 3.63) is 0 Å². The van der Waals surface area contributed by atoms with Gasteiger partial charge in [0, 0.05) is 13.6 Å². The minimum absolute atomic E-state index is 0.0298. The molecular formula is C13H23N3O2. The van der Waals surface area contributed by atoms with Crippen LogP contribution < -0.4 is 5.73 Å². The van der Waals surface area contributed by atoms with Gasteiger partial charge in [-0.2, -0.15) is 0 Å². The lowest BCUT2D eigenvalue weighted by Gasteiger charge is -2.35. The Bertz CT molecular complexity index is 344. The second kappa shape index (κ2) is 5.16. The standard InChI is InChI=1S/C13H23N3O2/c1-16(9-10-5-4-6-10)12(17)13(11(14)15-18)7-2-3-8-13/h10,18H,2-9H2,1H3,(H2,14,15). The van der Waals surface area contributed by atoms with Crippen LogP contribution in [0.25, 0.3) is 0 Å². The van der Waals surface area contributed by atoms with Gasteiger partial charge in [0.25, 0.3) is 0 Å². The van der Waals surface area contributed by atoms with Crippen LogP contribution in [0.4, 0.5) is 0 Å². The van der Waals surface area contributed by atoms with E-state index in [2.05, 4.69) is 5.16 Å². The lowest BCUT2D eigenvalue weighted by molar-refractivity contribution is -0.137. The van der Waals surface area contributed by atoms with E-state index in [1.807, 2.05) is 7.05 Å². The van der Waals surface area contributed by atoms with Crippen molar-refractivity contribution in [1.82, 2.24) is 4.90 Å². The van der Waals surface area contributed by atoms with Crippen LogP contribution in [0.2, 0.25) is 0 Å². The summed E-state index contributed by atoms with van der Waals surface area (Å²) in [6, 6.07) is 0. The maximum atomic E-state index is 12.6. The highest BCUT2D eigenvalue weighted by Crippen LogP contribution is 2.40. The van der Waals surface area contributed by atoms with Crippen molar-refractivity contribution in [2.75, 3.05) is 13.6 Å². The summed E-state index contributed by atoms with van der Waals surface area (Å²) in [5.74, 6) is 0.761. The van der Waals surface area contributed by atoms with E-state index in [-0.39, 0.29) is 11.7 Å². The maximum Gasteiger partial charge on any atom is 0.236 e. The first-order chi connectivity index (χ1) is 8.60. The fourth-order valence-electron chi connectivity index (χ4n) is 3.16. The Labute approximate surface area is 108 Å². The fraction of sp³-hybridized carbons (Fsp3) is 0.846. The molecule has 18 heavy (non-hydrogen) atoms. The van der Waals surface area contributed by atoms with Crippen LogP contribution in [-0.2, 0) is 4.79 Å². The van der Waals surface area contributed by atoms with Crippen LogP contribution in [0.5, 0.6) is 0 Å². The third kappa shape index (κ3) is 2.18. The van der Waals surface area contributed by atoms with Crippen molar-refractivity contribution in [1.29, 1.82) is 0 Å². The molecule has 102 valence electrons. The van der Waals surface area contributed by atoms with Gasteiger partial charge in [0.1, 0.15) is 5.41 Å². The highest BCUT2D eigenvalue weighted by molar-refractivity contribution is 6.06. The first-order valence-corrected chi connectivity index (χ1v) is 6.84. The Kier molecular flexibility index (Phi) is 3.78. The van der Waals surface area contributed by atoms with Crippen molar-refractivity contribution >= 4 is 11.7 Å². The number of amides is 1. The third-order valence-corrected chi connectivity index (χ3v) is 4.57. The van der Waals surface area contributed by atoms with Gasteiger partial charge < -0.3 is 15.8 Å². The number of carbonyl (C=O) groups is 1. The first kappa shape index (κ1) is 13.2. The van der Waals surface area contributed by atoms with E-state index in [1.165, 1.54) is 19.3 Å². The average molecular weight is 253 g/mol. The van der Waals surface area contributed by atoms with Crippen LogP contribution >= 0.6 is 0 Å². The maximum absolute atomic E-state index is 12.6. The van der Waals surface area contributed by atoms with Crippen LogP contribution in [0, 0.1) is 11.3 Å². The molecule has 2 saturated carbocycles. The molecule has 2 aliphatic carbocycles. The molecule has 0 unspecified atom stereocenters. The summed E-state index contributed by atoms with van der Waals surface area (Å²) in [7, 11) is 1.84. The van der Waals surface area contributed by atoms with E-state index in [4.69, 9.17) is 10.9 Å². The van der Waals surface area contributed by atoms with Gasteiger partial charge in [-0.05, 0) is 31.6 Å². The molecule has 0 spiro atoms. The number of hydrogen-bond acceptors (Lipinski definition) is 3. The molecule has 0 aromatic heterocycles. The molecule has 0 aliphatic heterocycles. The predicted octanol–water partition coefficient (Wildman–Crippen LogP) is 1.55. The van der Waals surface area contributed by atoms with Crippen molar-refractivity contribution in [2.45, 2.75) is 44.9 Å². The number of nitrogens with zero attached hydrogens (tertiary/aromatic N) is 2. The summed E-state index contributed by atoms with van der Waals surface area (Å²) >= 11 is 0. The average Bonchev–Trinajstić information content (AvgIpc) is 2.82. The van der Waals surface area contributed by atoms with E-state index >= 15 is 0 Å². The van der Waals surface area contributed by atoms with E-state index in [1.54, 1.807) is 4.90 Å². The minimum atomic E-state index is -0.743. The topological polar surface area (TPSA) is 78.9 Å². The first-order valence-electron chi connectivity index (χ1n) is 6.84. The molecule has 0 aromatic rings. The van der Waals surface area contributed by atoms with Crippen LogP contribution in [0.1, 0.15) is 44.9 Å². The lowest BCUT2D eigenvalue weighted by atomic mass is 9.81. The molecule has 2 rings (SSSR count). The minimum Gasteiger partial charge on any atom is -0.409 e. The zero-order valence-corrected chi connectivity index (χ0v) is 11.1. The van der Waals surface area contributed by atoms with Crippen molar-refractivity contribution in [2.24, 2.45) is 22.2 Å². The number of nitrogens with two attached hydrogens (primary N) is 1. The number of oxime groups is 1. The quantitative estimate of drug-likeness (QED) is 0.345. The Hall–Kier alpha value is -1.26. The molecule has 3 N–H and O–H groups in total. The van der Waals surface area contributed by atoms with E-state index in [0.29, 0.717) is 18.8 Å². The SMILES string of the molecule is CN(CC1CCC1)C(=O)C1(C(N)=NO)CCCC1. The molecule has 0 aromatic carbocycles. The van der Waals surface area contributed by atoms with Crippen molar-refractivity contribution in [3.63, 3.8) is 0 Å². The van der Waals surface area contributed by atoms with Crippen LogP contribution in [0.15, 0.2) is 5.16 Å². The van der Waals surface area contributed by atoms with Gasteiger partial charge >= 0.3 is 0 Å². The summed E-state index contributed by atoms with van der Waals surface area (Å²) in [4.78, 5) is 14.4. The molecule has 0 atom stereocenters. The van der Waals surface area contributed by atoms with E-state index in [9.17, 15) is 4.79 Å². The smallest absolute Gasteiger partial charge is 0.236 e. The van der Waals surface area contributed by atoms with Gasteiger partial charge in [0.15, 0.2) is 5.84 Å². The largest absolute Gasteiger partial charge is 0.409 e. The Morgan fingerprint density at radius 2 is 2.00 bits per heavy atom. The number of rotatable bonds is 4. The number of hydrogen-bond donors (Lipinski definition) is 2. The predicted molar refractivity (Wildman–Crippen MR) is 69.3 cm³/mol. The zero-order valence-electron chi connectivity index (χ0n) is 11.1. The van der Waals surface area contributed by atoms with Gasteiger partial charge in [0.2, 0.25) is 5.91 Å². The van der Waals surface area contributed by atoms with E-state index < -0.39 is 5.41 Å². The molecule has 0 saturated heterocycles. The molecule has 0 heterocycles. The summed E-state index contributed by atoms with van der Waals surface area (Å²) in [6.45, 7) is 0.805. The van der Waals surface area contributed by atoms with Gasteiger partial charge in [-0.25, -0.2) is 0 Å². The van der Waals surface area contributed by atoms with Gasteiger partial charge in [-0.15, -0.1) is 0 Å². The Morgan fingerprint density at radius 1 is 1.39 bits per heavy atom. The highest BCUT2D eigenvalue weighted by Gasteiger charge is 2.47. The lowest BCUT2D eigenvalue weighted by Crippen LogP contribution is -2.50. The van der Waals surface area contributed by atoms with E-state index in [0.717, 1.165) is 19.4 Å². The Balaban J connectivity index is 2.07. The molecule has 5 heteroatoms. The molecule has 2 fully saturated rings. The number of amidine groups is 1. The number of carbonyl (C=O) groups excluding carboxylic acids is 1. The van der Waals surface area contributed by atoms with Gasteiger partial charge in [-0.3, -0.25) is 4.79 Å². The molecule has 1 amide bonds. The highest BCUT2D eigenvalue weighted by atomic mass is 16.4.